The number of rotatable bonds is 5. The third kappa shape index (κ3) is 2.59. The Bertz CT molecular complexity index is 321. The summed E-state index contributed by atoms with van der Waals surface area (Å²) in [5, 5.41) is 0. The normalized spacial score (nSPS) is 9.79. The zero-order valence-electron chi connectivity index (χ0n) is 8.92. The lowest BCUT2D eigenvalue weighted by Crippen LogP contribution is -1.90. The van der Waals surface area contributed by atoms with Gasteiger partial charge in [-0.15, -0.1) is 0 Å². The van der Waals surface area contributed by atoms with E-state index in [4.69, 9.17) is 0 Å². The van der Waals surface area contributed by atoms with Gasteiger partial charge in [-0.3, -0.25) is 0 Å². The fraction of sp³-hybridized carbons (Fsp3) is 0.286. The monoisotopic (exact) mass is 186 g/mol. The lowest BCUT2D eigenvalue weighted by Gasteiger charge is -2.06. The molecule has 0 unspecified atom stereocenters. The molecule has 0 aliphatic heterocycles. The first-order chi connectivity index (χ1) is 6.81. The molecular formula is C14H18. The lowest BCUT2D eigenvalue weighted by molar-refractivity contribution is 0.794. The summed E-state index contributed by atoms with van der Waals surface area (Å²) in [5.41, 5.74) is 3.84. The molecule has 0 N–H and O–H groups in total. The smallest absolute Gasteiger partial charge is 0.0230 e. The summed E-state index contributed by atoms with van der Waals surface area (Å²) in [6, 6.07) is 6.41. The van der Waals surface area contributed by atoms with Crippen molar-refractivity contribution < 1.29 is 0 Å². The summed E-state index contributed by atoms with van der Waals surface area (Å²) in [5.74, 6) is 0. The van der Waals surface area contributed by atoms with E-state index in [1.807, 2.05) is 12.2 Å². The molecule has 0 saturated heterocycles. The van der Waals surface area contributed by atoms with Crippen LogP contribution in [0.25, 0.3) is 12.2 Å². The summed E-state index contributed by atoms with van der Waals surface area (Å²) in [6.45, 7) is 9.82. The standard InChI is InChI=1S/C14H18/c1-4-7-8-14-11-12(5-2)9-10-13(14)6-3/h5-6,9-11H,2-4,7-8H2,1H3. The van der Waals surface area contributed by atoms with Gasteiger partial charge in [0.25, 0.3) is 0 Å². The molecular weight excluding hydrogens is 168 g/mol. The molecule has 0 fully saturated rings. The highest BCUT2D eigenvalue weighted by atomic mass is 14.0. The first kappa shape index (κ1) is 10.8. The van der Waals surface area contributed by atoms with Gasteiger partial charge in [0, 0.05) is 0 Å². The molecule has 0 spiro atoms. The van der Waals surface area contributed by atoms with Crippen molar-refractivity contribution in [3.63, 3.8) is 0 Å². The van der Waals surface area contributed by atoms with Crippen LogP contribution in [0.2, 0.25) is 0 Å². The van der Waals surface area contributed by atoms with Gasteiger partial charge in [-0.1, -0.05) is 56.9 Å². The predicted octanol–water partition coefficient (Wildman–Crippen LogP) is 4.32. The SMILES string of the molecule is C=Cc1ccc(C=C)c(CCCC)c1. The fourth-order valence-electron chi connectivity index (χ4n) is 1.54. The number of aryl methyl sites for hydroxylation is 1. The van der Waals surface area contributed by atoms with Crippen molar-refractivity contribution in [1.29, 1.82) is 0 Å². The van der Waals surface area contributed by atoms with Gasteiger partial charge in [-0.25, -0.2) is 0 Å². The lowest BCUT2D eigenvalue weighted by atomic mass is 9.99. The van der Waals surface area contributed by atoms with Gasteiger partial charge in [-0.2, -0.15) is 0 Å². The van der Waals surface area contributed by atoms with E-state index in [0.717, 1.165) is 6.42 Å². The van der Waals surface area contributed by atoms with Crippen molar-refractivity contribution in [3.8, 4) is 0 Å². The van der Waals surface area contributed by atoms with Crippen molar-refractivity contribution in [2.24, 2.45) is 0 Å². The second-order valence-electron chi connectivity index (χ2n) is 3.47. The van der Waals surface area contributed by atoms with E-state index < -0.39 is 0 Å². The van der Waals surface area contributed by atoms with E-state index in [0.29, 0.717) is 0 Å². The van der Waals surface area contributed by atoms with E-state index in [-0.39, 0.29) is 0 Å². The van der Waals surface area contributed by atoms with E-state index in [2.05, 4.69) is 38.3 Å². The van der Waals surface area contributed by atoms with Crippen LogP contribution in [0.15, 0.2) is 31.4 Å². The Morgan fingerprint density at radius 3 is 2.57 bits per heavy atom. The summed E-state index contributed by atoms with van der Waals surface area (Å²) >= 11 is 0. The summed E-state index contributed by atoms with van der Waals surface area (Å²) < 4.78 is 0. The Morgan fingerprint density at radius 2 is 2.00 bits per heavy atom. The topological polar surface area (TPSA) is 0 Å². The minimum absolute atomic E-state index is 1.14. The molecule has 0 saturated carbocycles. The number of hydrogen-bond donors (Lipinski definition) is 0. The van der Waals surface area contributed by atoms with Crippen LogP contribution in [-0.2, 0) is 6.42 Å². The van der Waals surface area contributed by atoms with E-state index in [1.165, 1.54) is 29.5 Å². The molecule has 0 amide bonds. The molecule has 0 bridgehead atoms. The number of benzene rings is 1. The Balaban J connectivity index is 2.95. The van der Waals surface area contributed by atoms with Gasteiger partial charge >= 0.3 is 0 Å². The fourth-order valence-corrected chi connectivity index (χ4v) is 1.54. The summed E-state index contributed by atoms with van der Waals surface area (Å²) in [7, 11) is 0. The second kappa shape index (κ2) is 5.43. The highest BCUT2D eigenvalue weighted by Crippen LogP contribution is 2.16. The predicted molar refractivity (Wildman–Crippen MR) is 65.2 cm³/mol. The molecule has 14 heavy (non-hydrogen) atoms. The van der Waals surface area contributed by atoms with Crippen molar-refractivity contribution in [2.45, 2.75) is 26.2 Å². The van der Waals surface area contributed by atoms with Crippen molar-refractivity contribution in [2.75, 3.05) is 0 Å². The molecule has 0 heteroatoms. The average Bonchev–Trinajstić information content (AvgIpc) is 2.25. The van der Waals surface area contributed by atoms with Crippen molar-refractivity contribution in [1.82, 2.24) is 0 Å². The number of hydrogen-bond acceptors (Lipinski definition) is 0. The second-order valence-corrected chi connectivity index (χ2v) is 3.47. The Kier molecular flexibility index (Phi) is 4.18. The summed E-state index contributed by atoms with van der Waals surface area (Å²) in [6.07, 6.45) is 7.43. The molecule has 1 aromatic carbocycles. The van der Waals surface area contributed by atoms with Crippen LogP contribution in [0.1, 0.15) is 36.5 Å². The first-order valence-electron chi connectivity index (χ1n) is 5.19. The van der Waals surface area contributed by atoms with Gasteiger partial charge in [0.05, 0.1) is 0 Å². The molecule has 1 aromatic rings. The zero-order valence-corrected chi connectivity index (χ0v) is 8.92. The van der Waals surface area contributed by atoms with Crippen LogP contribution in [-0.4, -0.2) is 0 Å². The molecule has 0 radical (unpaired) electrons. The van der Waals surface area contributed by atoms with E-state index >= 15 is 0 Å². The van der Waals surface area contributed by atoms with Gasteiger partial charge in [0.2, 0.25) is 0 Å². The van der Waals surface area contributed by atoms with Crippen LogP contribution in [0.5, 0.6) is 0 Å². The molecule has 74 valence electrons. The molecule has 0 aliphatic rings. The highest BCUT2D eigenvalue weighted by Gasteiger charge is 1.99. The van der Waals surface area contributed by atoms with Gasteiger partial charge < -0.3 is 0 Å². The van der Waals surface area contributed by atoms with Crippen molar-refractivity contribution >= 4 is 12.2 Å². The van der Waals surface area contributed by atoms with E-state index in [1.54, 1.807) is 0 Å². The third-order valence-electron chi connectivity index (χ3n) is 2.42. The zero-order chi connectivity index (χ0) is 10.4. The maximum atomic E-state index is 3.83. The Morgan fingerprint density at radius 1 is 1.21 bits per heavy atom. The molecule has 0 aromatic heterocycles. The number of unbranched alkanes of at least 4 members (excludes halogenated alkanes) is 1. The average molecular weight is 186 g/mol. The van der Waals surface area contributed by atoms with Gasteiger partial charge in [0.15, 0.2) is 0 Å². The van der Waals surface area contributed by atoms with Gasteiger partial charge in [-0.05, 0) is 29.5 Å². The largest absolute Gasteiger partial charge is 0.0985 e. The van der Waals surface area contributed by atoms with Gasteiger partial charge in [0.1, 0.15) is 0 Å². The molecule has 0 heterocycles. The van der Waals surface area contributed by atoms with Crippen LogP contribution in [0, 0.1) is 0 Å². The van der Waals surface area contributed by atoms with Crippen LogP contribution >= 0.6 is 0 Å². The summed E-state index contributed by atoms with van der Waals surface area (Å²) in [4.78, 5) is 0. The molecule has 0 atom stereocenters. The quantitative estimate of drug-likeness (QED) is 0.642. The van der Waals surface area contributed by atoms with Crippen LogP contribution in [0.3, 0.4) is 0 Å². The first-order valence-corrected chi connectivity index (χ1v) is 5.19. The van der Waals surface area contributed by atoms with Crippen LogP contribution < -0.4 is 0 Å². The minimum Gasteiger partial charge on any atom is -0.0985 e. The van der Waals surface area contributed by atoms with Crippen molar-refractivity contribution in [3.05, 3.63) is 48.0 Å². The third-order valence-corrected chi connectivity index (χ3v) is 2.42. The maximum absolute atomic E-state index is 3.83. The maximum Gasteiger partial charge on any atom is -0.0230 e. The Labute approximate surface area is 87.0 Å². The highest BCUT2D eigenvalue weighted by molar-refractivity contribution is 5.58. The molecule has 0 nitrogen and oxygen atoms in total. The van der Waals surface area contributed by atoms with Crippen LogP contribution in [0.4, 0.5) is 0 Å². The molecule has 1 rings (SSSR count). The van der Waals surface area contributed by atoms with E-state index in [9.17, 15) is 0 Å². The molecule has 0 aliphatic carbocycles. The Hall–Kier alpha value is -1.30. The minimum atomic E-state index is 1.14.